The molecule has 0 bridgehead atoms. The van der Waals surface area contributed by atoms with Crippen molar-refractivity contribution in [1.82, 2.24) is 5.32 Å². The van der Waals surface area contributed by atoms with Crippen LogP contribution >= 0.6 is 0 Å². The molecule has 2 aliphatic rings. The fraction of sp³-hybridized carbons (Fsp3) is 0.571. The van der Waals surface area contributed by atoms with Crippen molar-refractivity contribution in [3.8, 4) is 5.75 Å². The highest BCUT2D eigenvalue weighted by molar-refractivity contribution is 5.41. The molecule has 0 spiro atoms. The number of aromatic hydroxyl groups is 1. The van der Waals surface area contributed by atoms with Crippen LogP contribution < -0.4 is 5.32 Å². The van der Waals surface area contributed by atoms with Gasteiger partial charge in [-0.25, -0.2) is 0 Å². The molecular formula is C14H19NO. The first kappa shape index (κ1) is 10.2. The van der Waals surface area contributed by atoms with Gasteiger partial charge in [-0.05, 0) is 49.3 Å². The monoisotopic (exact) mass is 217 g/mol. The van der Waals surface area contributed by atoms with Crippen LogP contribution in [0.3, 0.4) is 0 Å². The quantitative estimate of drug-likeness (QED) is 0.797. The highest BCUT2D eigenvalue weighted by atomic mass is 16.3. The van der Waals surface area contributed by atoms with E-state index in [0.29, 0.717) is 11.8 Å². The van der Waals surface area contributed by atoms with Crippen LogP contribution in [0.4, 0.5) is 0 Å². The summed E-state index contributed by atoms with van der Waals surface area (Å²) in [5, 5.41) is 13.5. The van der Waals surface area contributed by atoms with Gasteiger partial charge < -0.3 is 10.4 Å². The summed E-state index contributed by atoms with van der Waals surface area (Å²) in [4.78, 5) is 0. The molecule has 0 aromatic heterocycles. The highest BCUT2D eigenvalue weighted by Crippen LogP contribution is 2.29. The lowest BCUT2D eigenvalue weighted by molar-refractivity contribution is 0.289. The molecule has 2 heteroatoms. The summed E-state index contributed by atoms with van der Waals surface area (Å²) in [6.45, 7) is 0. The number of benzene rings is 1. The van der Waals surface area contributed by atoms with Gasteiger partial charge in [0.05, 0.1) is 0 Å². The molecule has 1 aromatic rings. The Morgan fingerprint density at radius 2 is 2.00 bits per heavy atom. The lowest BCUT2D eigenvalue weighted by Gasteiger charge is -2.34. The molecule has 1 saturated carbocycles. The van der Waals surface area contributed by atoms with Crippen molar-refractivity contribution in [3.63, 3.8) is 0 Å². The second kappa shape index (κ2) is 4.10. The van der Waals surface area contributed by atoms with E-state index in [4.69, 9.17) is 0 Å². The number of phenols is 1. The van der Waals surface area contributed by atoms with Crippen LogP contribution in [0.15, 0.2) is 18.2 Å². The van der Waals surface area contributed by atoms with Gasteiger partial charge in [0.15, 0.2) is 0 Å². The predicted octanol–water partition coefficient (Wildman–Crippen LogP) is 2.39. The average molecular weight is 217 g/mol. The summed E-state index contributed by atoms with van der Waals surface area (Å²) < 4.78 is 0. The summed E-state index contributed by atoms with van der Waals surface area (Å²) in [5.74, 6) is 0.486. The molecule has 2 aliphatic carbocycles. The lowest BCUT2D eigenvalue weighted by Crippen LogP contribution is -2.44. The van der Waals surface area contributed by atoms with Gasteiger partial charge in [0.25, 0.3) is 0 Å². The Labute approximate surface area is 96.7 Å². The molecule has 0 heterocycles. The van der Waals surface area contributed by atoms with Crippen LogP contribution in [-0.4, -0.2) is 17.2 Å². The van der Waals surface area contributed by atoms with Gasteiger partial charge >= 0.3 is 0 Å². The van der Waals surface area contributed by atoms with Crippen molar-refractivity contribution in [2.75, 3.05) is 0 Å². The molecule has 0 saturated heterocycles. The SMILES string of the molecule is Oc1cccc2c1CCC(NC1CCC1)C2. The summed E-state index contributed by atoms with van der Waals surface area (Å²) >= 11 is 0. The van der Waals surface area contributed by atoms with Crippen molar-refractivity contribution < 1.29 is 5.11 Å². The van der Waals surface area contributed by atoms with Crippen molar-refractivity contribution in [2.45, 2.75) is 50.6 Å². The molecule has 2 nitrogen and oxygen atoms in total. The molecule has 86 valence electrons. The minimum atomic E-state index is 0.486. The van der Waals surface area contributed by atoms with Gasteiger partial charge in [-0.2, -0.15) is 0 Å². The molecule has 1 atom stereocenters. The van der Waals surface area contributed by atoms with E-state index < -0.39 is 0 Å². The molecule has 2 N–H and O–H groups in total. The van der Waals surface area contributed by atoms with Crippen LogP contribution in [0.5, 0.6) is 5.75 Å². The molecule has 0 amide bonds. The average Bonchev–Trinajstić information content (AvgIpc) is 2.24. The molecule has 16 heavy (non-hydrogen) atoms. The van der Waals surface area contributed by atoms with E-state index in [1.165, 1.54) is 36.8 Å². The smallest absolute Gasteiger partial charge is 0.119 e. The van der Waals surface area contributed by atoms with E-state index in [1.807, 2.05) is 6.07 Å². The number of fused-ring (bicyclic) bond motifs is 1. The molecule has 3 rings (SSSR count). The van der Waals surface area contributed by atoms with E-state index in [0.717, 1.165) is 18.9 Å². The maximum Gasteiger partial charge on any atom is 0.119 e. The maximum absolute atomic E-state index is 9.76. The standard InChI is InChI=1S/C14H19NO/c16-14-6-1-3-10-9-12(7-8-13(10)14)15-11-4-2-5-11/h1,3,6,11-12,15-16H,2,4-5,7-9H2. The Morgan fingerprint density at radius 1 is 1.12 bits per heavy atom. The van der Waals surface area contributed by atoms with Gasteiger partial charge in [-0.15, -0.1) is 0 Å². The third-order valence-electron chi connectivity index (χ3n) is 4.03. The Bertz CT molecular complexity index is 384. The van der Waals surface area contributed by atoms with E-state index in [2.05, 4.69) is 11.4 Å². The zero-order chi connectivity index (χ0) is 11.0. The predicted molar refractivity (Wildman–Crippen MR) is 64.7 cm³/mol. The number of phenolic OH excluding ortho intramolecular Hbond substituents is 1. The fourth-order valence-corrected chi connectivity index (χ4v) is 2.84. The van der Waals surface area contributed by atoms with Crippen LogP contribution in [0, 0.1) is 0 Å². The normalized spacial score (nSPS) is 24.9. The molecule has 1 aromatic carbocycles. The van der Waals surface area contributed by atoms with Crippen LogP contribution in [0.1, 0.15) is 36.8 Å². The zero-order valence-electron chi connectivity index (χ0n) is 9.58. The number of nitrogens with one attached hydrogen (secondary N) is 1. The lowest BCUT2D eigenvalue weighted by atomic mass is 9.85. The largest absolute Gasteiger partial charge is 0.508 e. The first-order chi connectivity index (χ1) is 7.83. The van der Waals surface area contributed by atoms with Crippen molar-refractivity contribution in [3.05, 3.63) is 29.3 Å². The Morgan fingerprint density at radius 3 is 2.75 bits per heavy atom. The fourth-order valence-electron chi connectivity index (χ4n) is 2.84. The second-order valence-corrected chi connectivity index (χ2v) is 5.15. The summed E-state index contributed by atoms with van der Waals surface area (Å²) in [6, 6.07) is 7.31. The van der Waals surface area contributed by atoms with Crippen molar-refractivity contribution >= 4 is 0 Å². The Kier molecular flexibility index (Phi) is 2.60. The minimum Gasteiger partial charge on any atom is -0.508 e. The van der Waals surface area contributed by atoms with E-state index >= 15 is 0 Å². The Balaban J connectivity index is 1.70. The van der Waals surface area contributed by atoms with Gasteiger partial charge in [0.2, 0.25) is 0 Å². The van der Waals surface area contributed by atoms with Crippen LogP contribution in [-0.2, 0) is 12.8 Å². The van der Waals surface area contributed by atoms with Crippen molar-refractivity contribution in [2.24, 2.45) is 0 Å². The third-order valence-corrected chi connectivity index (χ3v) is 4.03. The van der Waals surface area contributed by atoms with Crippen LogP contribution in [0.25, 0.3) is 0 Å². The first-order valence-electron chi connectivity index (χ1n) is 6.39. The molecule has 0 radical (unpaired) electrons. The van der Waals surface area contributed by atoms with Gasteiger partial charge in [0.1, 0.15) is 5.75 Å². The third kappa shape index (κ3) is 1.82. The number of hydrogen-bond acceptors (Lipinski definition) is 2. The van der Waals surface area contributed by atoms with Gasteiger partial charge in [0, 0.05) is 12.1 Å². The molecule has 1 fully saturated rings. The number of hydrogen-bond donors (Lipinski definition) is 2. The second-order valence-electron chi connectivity index (χ2n) is 5.15. The van der Waals surface area contributed by atoms with Gasteiger partial charge in [-0.1, -0.05) is 18.6 Å². The summed E-state index contributed by atoms with van der Waals surface area (Å²) in [6.07, 6.45) is 7.36. The van der Waals surface area contributed by atoms with E-state index in [1.54, 1.807) is 6.07 Å². The van der Waals surface area contributed by atoms with Crippen molar-refractivity contribution in [1.29, 1.82) is 0 Å². The molecule has 0 aliphatic heterocycles. The van der Waals surface area contributed by atoms with Gasteiger partial charge in [-0.3, -0.25) is 0 Å². The minimum absolute atomic E-state index is 0.486. The topological polar surface area (TPSA) is 32.3 Å². The summed E-state index contributed by atoms with van der Waals surface area (Å²) in [7, 11) is 0. The van der Waals surface area contributed by atoms with E-state index in [-0.39, 0.29) is 0 Å². The molecule has 1 unspecified atom stereocenters. The van der Waals surface area contributed by atoms with E-state index in [9.17, 15) is 5.11 Å². The van der Waals surface area contributed by atoms with Crippen LogP contribution in [0.2, 0.25) is 0 Å². The zero-order valence-corrected chi connectivity index (χ0v) is 9.58. The Hall–Kier alpha value is -1.02. The highest BCUT2D eigenvalue weighted by Gasteiger charge is 2.25. The summed E-state index contributed by atoms with van der Waals surface area (Å²) in [5.41, 5.74) is 2.51. The maximum atomic E-state index is 9.76. The molecular weight excluding hydrogens is 198 g/mol. The number of rotatable bonds is 2. The first-order valence-corrected chi connectivity index (χ1v) is 6.39.